The normalized spacial score (nSPS) is 21.6. The number of nitrogens with zero attached hydrogens (tertiary/aromatic N) is 1. The standard InChI is InChI=1S/C26H31N3O3/c1-3-32-25(30)23-22(27-26(31)28-24(23)20-13-11-18(2)12-14-20)17-29-15-7-10-21(16-29)19-8-5-4-6-9-19/h4-6,8-9,11-14,21,24H,3,7,10,15-17H2,1-2H3,(H2,27,28,31)/t21-,24-/m1/s1. The van der Waals surface area contributed by atoms with Gasteiger partial charge in [0.15, 0.2) is 0 Å². The molecule has 2 heterocycles. The molecule has 168 valence electrons. The molecule has 4 rings (SSSR count). The molecule has 6 heteroatoms. The third kappa shape index (κ3) is 5.02. The number of likely N-dealkylation sites (tertiary alicyclic amines) is 1. The zero-order valence-corrected chi connectivity index (χ0v) is 18.8. The minimum absolute atomic E-state index is 0.282. The van der Waals surface area contributed by atoms with Gasteiger partial charge in [-0.25, -0.2) is 9.59 Å². The highest BCUT2D eigenvalue weighted by molar-refractivity contribution is 5.95. The van der Waals surface area contributed by atoms with Crippen molar-refractivity contribution in [1.82, 2.24) is 15.5 Å². The first-order valence-corrected chi connectivity index (χ1v) is 11.4. The molecular weight excluding hydrogens is 402 g/mol. The molecule has 32 heavy (non-hydrogen) atoms. The number of aryl methyl sites for hydroxylation is 1. The molecule has 2 aliphatic rings. The third-order valence-electron chi connectivity index (χ3n) is 6.22. The Hall–Kier alpha value is -3.12. The van der Waals surface area contributed by atoms with Crippen LogP contribution in [0.5, 0.6) is 0 Å². The Labute approximate surface area is 189 Å². The van der Waals surface area contributed by atoms with E-state index in [-0.39, 0.29) is 12.6 Å². The number of piperidine rings is 1. The molecule has 6 nitrogen and oxygen atoms in total. The Morgan fingerprint density at radius 3 is 2.56 bits per heavy atom. The predicted octanol–water partition coefficient (Wildman–Crippen LogP) is 4.05. The number of amides is 2. The first kappa shape index (κ1) is 22.1. The highest BCUT2D eigenvalue weighted by Crippen LogP contribution is 2.31. The Balaban J connectivity index is 1.63. The summed E-state index contributed by atoms with van der Waals surface area (Å²) in [6, 6.07) is 17.6. The molecule has 0 radical (unpaired) electrons. The van der Waals surface area contributed by atoms with Crippen LogP contribution in [-0.4, -0.2) is 43.1 Å². The van der Waals surface area contributed by atoms with Gasteiger partial charge in [-0.1, -0.05) is 60.2 Å². The largest absolute Gasteiger partial charge is 0.463 e. The Bertz CT molecular complexity index is 985. The van der Waals surface area contributed by atoms with Crippen LogP contribution in [0.4, 0.5) is 4.79 Å². The third-order valence-corrected chi connectivity index (χ3v) is 6.22. The fourth-order valence-corrected chi connectivity index (χ4v) is 4.62. The van der Waals surface area contributed by atoms with Crippen molar-refractivity contribution in [3.63, 3.8) is 0 Å². The van der Waals surface area contributed by atoms with Crippen molar-refractivity contribution < 1.29 is 14.3 Å². The van der Waals surface area contributed by atoms with E-state index < -0.39 is 12.0 Å². The van der Waals surface area contributed by atoms with Gasteiger partial charge in [0, 0.05) is 18.8 Å². The average molecular weight is 434 g/mol. The molecule has 0 bridgehead atoms. The first-order valence-electron chi connectivity index (χ1n) is 11.4. The van der Waals surface area contributed by atoms with E-state index in [2.05, 4.69) is 39.8 Å². The SMILES string of the molecule is CCOC(=O)C1=C(CN2CCC[C@@H](c3ccccc3)C2)NC(=O)N[C@@H]1c1ccc(C)cc1. The van der Waals surface area contributed by atoms with Crippen molar-refractivity contribution >= 4 is 12.0 Å². The second-order valence-electron chi connectivity index (χ2n) is 8.54. The molecule has 2 amide bonds. The molecule has 2 aliphatic heterocycles. The predicted molar refractivity (Wildman–Crippen MR) is 124 cm³/mol. The number of ether oxygens (including phenoxy) is 1. The number of urea groups is 1. The number of hydrogen-bond donors (Lipinski definition) is 2. The number of nitrogens with one attached hydrogen (secondary N) is 2. The maximum atomic E-state index is 13.0. The topological polar surface area (TPSA) is 70.7 Å². The van der Waals surface area contributed by atoms with E-state index in [1.54, 1.807) is 6.92 Å². The van der Waals surface area contributed by atoms with E-state index in [1.807, 2.05) is 37.3 Å². The number of rotatable bonds is 6. The second-order valence-corrected chi connectivity index (χ2v) is 8.54. The number of carbonyl (C=O) groups is 2. The van der Waals surface area contributed by atoms with Crippen LogP contribution in [0, 0.1) is 6.92 Å². The van der Waals surface area contributed by atoms with Crippen LogP contribution in [0.1, 0.15) is 48.4 Å². The van der Waals surface area contributed by atoms with Crippen molar-refractivity contribution in [3.8, 4) is 0 Å². The molecule has 0 aromatic heterocycles. The van der Waals surface area contributed by atoms with Crippen molar-refractivity contribution in [3.05, 3.63) is 82.6 Å². The maximum absolute atomic E-state index is 13.0. The summed E-state index contributed by atoms with van der Waals surface area (Å²) in [5, 5.41) is 5.82. The molecule has 2 aromatic rings. The monoisotopic (exact) mass is 433 g/mol. The summed E-state index contributed by atoms with van der Waals surface area (Å²) in [6.07, 6.45) is 2.22. The highest BCUT2D eigenvalue weighted by atomic mass is 16.5. The van der Waals surface area contributed by atoms with Crippen LogP contribution < -0.4 is 10.6 Å². The minimum atomic E-state index is -0.534. The van der Waals surface area contributed by atoms with Crippen molar-refractivity contribution in [2.45, 2.75) is 38.6 Å². The van der Waals surface area contributed by atoms with Crippen LogP contribution in [0.3, 0.4) is 0 Å². The second kappa shape index (κ2) is 10.0. The number of hydrogen-bond acceptors (Lipinski definition) is 4. The molecule has 1 fully saturated rings. The van der Waals surface area contributed by atoms with Gasteiger partial charge in [-0.3, -0.25) is 4.90 Å². The van der Waals surface area contributed by atoms with E-state index in [0.717, 1.165) is 37.1 Å². The summed E-state index contributed by atoms with van der Waals surface area (Å²) in [5.41, 5.74) is 4.44. The molecule has 0 saturated carbocycles. The van der Waals surface area contributed by atoms with Gasteiger partial charge < -0.3 is 15.4 Å². The lowest BCUT2D eigenvalue weighted by Crippen LogP contribution is -2.49. The Morgan fingerprint density at radius 2 is 1.84 bits per heavy atom. The lowest BCUT2D eigenvalue weighted by atomic mass is 9.90. The summed E-state index contributed by atoms with van der Waals surface area (Å²) in [7, 11) is 0. The molecule has 0 spiro atoms. The molecule has 0 unspecified atom stereocenters. The van der Waals surface area contributed by atoms with E-state index in [0.29, 0.717) is 23.7 Å². The van der Waals surface area contributed by atoms with E-state index in [9.17, 15) is 9.59 Å². The Morgan fingerprint density at radius 1 is 1.09 bits per heavy atom. The van der Waals surface area contributed by atoms with Gasteiger partial charge in [-0.05, 0) is 50.3 Å². The first-order chi connectivity index (χ1) is 15.5. The molecule has 2 N–H and O–H groups in total. The lowest BCUT2D eigenvalue weighted by Gasteiger charge is -2.36. The number of benzene rings is 2. The van der Waals surface area contributed by atoms with Crippen molar-refractivity contribution in [1.29, 1.82) is 0 Å². The van der Waals surface area contributed by atoms with Gasteiger partial charge in [0.1, 0.15) is 0 Å². The summed E-state index contributed by atoms with van der Waals surface area (Å²) in [4.78, 5) is 27.9. The van der Waals surface area contributed by atoms with Crippen LogP contribution in [0.25, 0.3) is 0 Å². The number of esters is 1. The van der Waals surface area contributed by atoms with E-state index in [4.69, 9.17) is 4.74 Å². The van der Waals surface area contributed by atoms with Gasteiger partial charge in [-0.2, -0.15) is 0 Å². The van der Waals surface area contributed by atoms with Gasteiger partial charge >= 0.3 is 12.0 Å². The fraction of sp³-hybridized carbons (Fsp3) is 0.385. The quantitative estimate of drug-likeness (QED) is 0.675. The van der Waals surface area contributed by atoms with Crippen LogP contribution in [-0.2, 0) is 9.53 Å². The molecule has 2 atom stereocenters. The van der Waals surface area contributed by atoms with E-state index >= 15 is 0 Å². The lowest BCUT2D eigenvalue weighted by molar-refractivity contribution is -0.139. The molecular formula is C26H31N3O3. The highest BCUT2D eigenvalue weighted by Gasteiger charge is 2.35. The van der Waals surface area contributed by atoms with E-state index in [1.165, 1.54) is 5.56 Å². The fourth-order valence-electron chi connectivity index (χ4n) is 4.62. The molecule has 0 aliphatic carbocycles. The van der Waals surface area contributed by atoms with Gasteiger partial charge in [-0.15, -0.1) is 0 Å². The van der Waals surface area contributed by atoms with Crippen molar-refractivity contribution in [2.75, 3.05) is 26.2 Å². The Kier molecular flexibility index (Phi) is 6.90. The smallest absolute Gasteiger partial charge is 0.338 e. The maximum Gasteiger partial charge on any atom is 0.338 e. The zero-order chi connectivity index (χ0) is 22.5. The zero-order valence-electron chi connectivity index (χ0n) is 18.8. The average Bonchev–Trinajstić information content (AvgIpc) is 2.80. The molecule has 2 aromatic carbocycles. The summed E-state index contributed by atoms with van der Waals surface area (Å²) >= 11 is 0. The minimum Gasteiger partial charge on any atom is -0.463 e. The van der Waals surface area contributed by atoms with Gasteiger partial charge in [0.2, 0.25) is 0 Å². The summed E-state index contributed by atoms with van der Waals surface area (Å²) < 4.78 is 5.40. The van der Waals surface area contributed by atoms with Crippen LogP contribution in [0.2, 0.25) is 0 Å². The van der Waals surface area contributed by atoms with Gasteiger partial charge in [0.25, 0.3) is 0 Å². The van der Waals surface area contributed by atoms with Gasteiger partial charge in [0.05, 0.1) is 18.2 Å². The van der Waals surface area contributed by atoms with Crippen molar-refractivity contribution in [2.24, 2.45) is 0 Å². The number of carbonyl (C=O) groups excluding carboxylic acids is 2. The summed E-state index contributed by atoms with van der Waals surface area (Å²) in [5.74, 6) is 0.0547. The summed E-state index contributed by atoms with van der Waals surface area (Å²) in [6.45, 7) is 6.42. The van der Waals surface area contributed by atoms with Crippen LogP contribution in [0.15, 0.2) is 65.9 Å². The van der Waals surface area contributed by atoms with Crippen LogP contribution >= 0.6 is 0 Å². The molecule has 1 saturated heterocycles.